The highest BCUT2D eigenvalue weighted by molar-refractivity contribution is 6.35. The minimum atomic E-state index is -0.600. The van der Waals surface area contributed by atoms with Crippen molar-refractivity contribution < 1.29 is 28.7 Å². The van der Waals surface area contributed by atoms with E-state index in [0.717, 1.165) is 30.8 Å². The van der Waals surface area contributed by atoms with E-state index in [1.807, 2.05) is 25.1 Å². The molecule has 1 aromatic rings. The third kappa shape index (κ3) is 4.44. The fourth-order valence-corrected chi connectivity index (χ4v) is 3.20. The van der Waals surface area contributed by atoms with Gasteiger partial charge in [0.15, 0.2) is 11.5 Å². The van der Waals surface area contributed by atoms with Crippen LogP contribution in [0.4, 0.5) is 0 Å². The van der Waals surface area contributed by atoms with Crippen molar-refractivity contribution >= 4 is 11.8 Å². The first kappa shape index (κ1) is 18.5. The monoisotopic (exact) mass is 364 g/mol. The number of morpholine rings is 1. The van der Waals surface area contributed by atoms with E-state index >= 15 is 0 Å². The summed E-state index contributed by atoms with van der Waals surface area (Å²) in [7, 11) is 0. The number of carbonyl (C=O) groups excluding carboxylic acids is 2. The van der Waals surface area contributed by atoms with E-state index in [1.165, 1.54) is 4.90 Å². The van der Waals surface area contributed by atoms with Crippen molar-refractivity contribution in [2.45, 2.75) is 19.4 Å². The topological polar surface area (TPSA) is 90.3 Å². The van der Waals surface area contributed by atoms with Gasteiger partial charge in [-0.2, -0.15) is 0 Å². The Bertz CT molecular complexity index is 646. The molecule has 0 bridgehead atoms. The second-order valence-electron chi connectivity index (χ2n) is 6.40. The summed E-state index contributed by atoms with van der Waals surface area (Å²) in [6, 6.07) is 5.85. The van der Waals surface area contributed by atoms with E-state index in [-0.39, 0.29) is 12.8 Å². The largest absolute Gasteiger partial charge is 0.454 e. The van der Waals surface area contributed by atoms with Crippen LogP contribution in [0.1, 0.15) is 24.9 Å². The van der Waals surface area contributed by atoms with Crippen molar-refractivity contribution in [2.75, 3.05) is 46.2 Å². The maximum Gasteiger partial charge on any atom is 0.309 e. The molecule has 0 aromatic heterocycles. The van der Waals surface area contributed by atoms with Gasteiger partial charge in [0.2, 0.25) is 6.79 Å². The summed E-state index contributed by atoms with van der Waals surface area (Å²) in [6.07, 6.45) is 0.788. The fourth-order valence-electron chi connectivity index (χ4n) is 3.20. The molecule has 142 valence electrons. The van der Waals surface area contributed by atoms with Gasteiger partial charge in [0.1, 0.15) is 19.1 Å². The lowest BCUT2D eigenvalue weighted by Gasteiger charge is -2.32. The fraction of sp³-hybridized carbons (Fsp3) is 0.556. The Kier molecular flexibility index (Phi) is 6.30. The predicted molar refractivity (Wildman–Crippen MR) is 93.1 cm³/mol. The first-order valence-corrected chi connectivity index (χ1v) is 9.07. The normalized spacial score (nSPS) is 17.6. The molecular formula is C18H26N3O5+. The van der Waals surface area contributed by atoms with Gasteiger partial charge in [-0.15, -0.1) is 0 Å². The number of carbonyl (C=O) groups is 2. The van der Waals surface area contributed by atoms with E-state index in [2.05, 4.69) is 10.6 Å². The molecule has 1 fully saturated rings. The molecule has 0 spiro atoms. The van der Waals surface area contributed by atoms with Gasteiger partial charge in [-0.05, 0) is 24.6 Å². The second kappa shape index (κ2) is 8.86. The van der Waals surface area contributed by atoms with E-state index in [9.17, 15) is 9.59 Å². The number of fused-ring (bicyclic) bond motifs is 1. The summed E-state index contributed by atoms with van der Waals surface area (Å²) in [5.41, 5.74) is 1.04. The van der Waals surface area contributed by atoms with Gasteiger partial charge < -0.3 is 29.7 Å². The van der Waals surface area contributed by atoms with E-state index in [1.54, 1.807) is 0 Å². The average molecular weight is 364 g/mol. The summed E-state index contributed by atoms with van der Waals surface area (Å²) >= 11 is 0. The summed E-state index contributed by atoms with van der Waals surface area (Å²) in [5, 5.41) is 5.37. The summed E-state index contributed by atoms with van der Waals surface area (Å²) in [5.74, 6) is 0.254. The van der Waals surface area contributed by atoms with Crippen molar-refractivity contribution in [3.05, 3.63) is 23.8 Å². The van der Waals surface area contributed by atoms with Crippen molar-refractivity contribution in [1.29, 1.82) is 0 Å². The summed E-state index contributed by atoms with van der Waals surface area (Å²) in [4.78, 5) is 25.2. The Morgan fingerprint density at radius 1 is 1.12 bits per heavy atom. The van der Waals surface area contributed by atoms with E-state index in [4.69, 9.17) is 14.2 Å². The molecule has 0 unspecified atom stereocenters. The van der Waals surface area contributed by atoms with Crippen LogP contribution in [-0.4, -0.2) is 58.0 Å². The Labute approximate surface area is 152 Å². The number of benzene rings is 1. The molecular weight excluding hydrogens is 338 g/mol. The van der Waals surface area contributed by atoms with Gasteiger partial charge in [0.05, 0.1) is 19.8 Å². The number of quaternary nitrogens is 1. The average Bonchev–Trinajstić information content (AvgIpc) is 3.15. The molecule has 3 N–H and O–H groups in total. The molecule has 0 aliphatic carbocycles. The molecule has 3 rings (SSSR count). The molecule has 2 aliphatic rings. The van der Waals surface area contributed by atoms with Crippen molar-refractivity contribution in [3.8, 4) is 11.5 Å². The number of ether oxygens (including phenoxy) is 3. The van der Waals surface area contributed by atoms with Gasteiger partial charge >= 0.3 is 11.8 Å². The third-order valence-electron chi connectivity index (χ3n) is 4.64. The number of nitrogens with one attached hydrogen (secondary N) is 3. The maximum atomic E-state index is 12.1. The van der Waals surface area contributed by atoms with Crippen molar-refractivity contribution in [1.82, 2.24) is 10.6 Å². The Balaban J connectivity index is 1.69. The minimum Gasteiger partial charge on any atom is -0.454 e. The van der Waals surface area contributed by atoms with E-state index in [0.29, 0.717) is 32.1 Å². The predicted octanol–water partition coefficient (Wildman–Crippen LogP) is -0.986. The van der Waals surface area contributed by atoms with Gasteiger partial charge in [-0.1, -0.05) is 6.92 Å². The van der Waals surface area contributed by atoms with Crippen LogP contribution in [-0.2, 0) is 14.3 Å². The first-order chi connectivity index (χ1) is 12.7. The molecule has 8 heteroatoms. The maximum absolute atomic E-state index is 12.1. The zero-order chi connectivity index (χ0) is 18.4. The van der Waals surface area contributed by atoms with Crippen LogP contribution >= 0.6 is 0 Å². The number of hydrogen-bond donors (Lipinski definition) is 3. The lowest BCUT2D eigenvalue weighted by Crippen LogP contribution is -3.15. The lowest BCUT2D eigenvalue weighted by molar-refractivity contribution is -0.937. The van der Waals surface area contributed by atoms with Gasteiger partial charge in [0, 0.05) is 12.1 Å². The smallest absolute Gasteiger partial charge is 0.309 e. The second-order valence-corrected chi connectivity index (χ2v) is 6.40. The Morgan fingerprint density at radius 2 is 1.85 bits per heavy atom. The van der Waals surface area contributed by atoms with Gasteiger partial charge in [0.25, 0.3) is 0 Å². The highest BCUT2D eigenvalue weighted by Gasteiger charge is 2.29. The minimum absolute atomic E-state index is 0.0105. The van der Waals surface area contributed by atoms with Gasteiger partial charge in [-0.3, -0.25) is 9.59 Å². The number of rotatable bonds is 6. The van der Waals surface area contributed by atoms with Crippen molar-refractivity contribution in [3.63, 3.8) is 0 Å². The molecule has 1 atom stereocenters. The van der Waals surface area contributed by atoms with Crippen LogP contribution < -0.4 is 25.0 Å². The zero-order valence-electron chi connectivity index (χ0n) is 15.0. The SMILES string of the molecule is CCCNC(=O)C(=O)NC[C@H](c1ccc2c(c1)OCO2)[NH+]1CCOCC1. The highest BCUT2D eigenvalue weighted by Crippen LogP contribution is 2.33. The Morgan fingerprint density at radius 3 is 2.62 bits per heavy atom. The van der Waals surface area contributed by atoms with Crippen LogP contribution in [0.15, 0.2) is 18.2 Å². The lowest BCUT2D eigenvalue weighted by atomic mass is 10.0. The summed E-state index contributed by atoms with van der Waals surface area (Å²) in [6.45, 7) is 6.08. The van der Waals surface area contributed by atoms with E-state index < -0.39 is 11.8 Å². The molecule has 2 amide bonds. The zero-order valence-corrected chi connectivity index (χ0v) is 15.0. The molecule has 26 heavy (non-hydrogen) atoms. The standard InChI is InChI=1S/C18H25N3O5/c1-2-5-19-17(22)18(23)20-11-14(21-6-8-24-9-7-21)13-3-4-15-16(10-13)26-12-25-15/h3-4,10,14H,2,5-9,11-12H2,1H3,(H,19,22)(H,20,23)/p+1/t14-/m1/s1. The highest BCUT2D eigenvalue weighted by atomic mass is 16.7. The molecule has 2 aliphatic heterocycles. The Hall–Kier alpha value is -2.32. The first-order valence-electron chi connectivity index (χ1n) is 9.07. The van der Waals surface area contributed by atoms with Crippen molar-refractivity contribution in [2.24, 2.45) is 0 Å². The molecule has 1 saturated heterocycles. The van der Waals surface area contributed by atoms with Crippen LogP contribution in [0.2, 0.25) is 0 Å². The molecule has 2 heterocycles. The number of hydrogen-bond acceptors (Lipinski definition) is 5. The molecule has 0 saturated carbocycles. The van der Waals surface area contributed by atoms with Crippen LogP contribution in [0.3, 0.4) is 0 Å². The van der Waals surface area contributed by atoms with Crippen LogP contribution in [0.5, 0.6) is 11.5 Å². The quantitative estimate of drug-likeness (QED) is 0.564. The molecule has 8 nitrogen and oxygen atoms in total. The third-order valence-corrected chi connectivity index (χ3v) is 4.64. The molecule has 1 aromatic carbocycles. The molecule has 0 radical (unpaired) electrons. The van der Waals surface area contributed by atoms with Gasteiger partial charge in [-0.25, -0.2) is 0 Å². The summed E-state index contributed by atoms with van der Waals surface area (Å²) < 4.78 is 16.3. The van der Waals surface area contributed by atoms with Crippen LogP contribution in [0, 0.1) is 0 Å². The van der Waals surface area contributed by atoms with Crippen LogP contribution in [0.25, 0.3) is 0 Å². The number of amides is 2.